The number of nitrogens with zero attached hydrogens (tertiary/aromatic N) is 3. The Morgan fingerprint density at radius 2 is 1.25 bits per heavy atom. The van der Waals surface area contributed by atoms with E-state index in [9.17, 15) is 58.5 Å². The second kappa shape index (κ2) is 30.0. The molecule has 3 rings (SSSR count). The molecule has 2 aromatic carbocycles. The fraction of sp³-hybridized carbons (Fsp3) is 0.611. The van der Waals surface area contributed by atoms with Gasteiger partial charge >= 0.3 is 0 Å². The molecule has 0 aromatic heterocycles. The van der Waals surface area contributed by atoms with Crippen LogP contribution in [0, 0.1) is 5.92 Å². The number of hydrogen-bond donors (Lipinski definition) is 6. The van der Waals surface area contributed by atoms with Gasteiger partial charge in [-0.15, -0.1) is 0 Å². The number of rotatable bonds is 27. The van der Waals surface area contributed by atoms with Crippen molar-refractivity contribution < 1.29 is 58.5 Å². The van der Waals surface area contributed by atoms with Gasteiger partial charge in [-0.05, 0) is 55.7 Å². The van der Waals surface area contributed by atoms with Crippen LogP contribution in [0.25, 0.3) is 11.1 Å². The third kappa shape index (κ3) is 18.1. The maximum atomic E-state index is 14.3. The summed E-state index contributed by atoms with van der Waals surface area (Å²) >= 11 is 0. The Kier molecular flexibility index (Phi) is 25.1. The molecule has 1 aliphatic heterocycles. The van der Waals surface area contributed by atoms with Crippen LogP contribution in [0.3, 0.4) is 0 Å². The van der Waals surface area contributed by atoms with Gasteiger partial charge in [0.05, 0.1) is 18.7 Å². The van der Waals surface area contributed by atoms with Gasteiger partial charge in [0.1, 0.15) is 29.6 Å². The number of fused-ring (bicyclic) bond motifs is 5. The minimum atomic E-state index is -1.37. The Morgan fingerprint density at radius 1 is 0.694 bits per heavy atom. The van der Waals surface area contributed by atoms with E-state index in [1.165, 1.54) is 148 Å². The molecule has 0 aliphatic carbocycles. The molecule has 2 aromatic rings. The molecule has 6 N–H and O–H groups in total. The van der Waals surface area contributed by atoms with Crippen LogP contribution in [-0.4, -0.2) is 142 Å². The molecule has 0 saturated carbocycles. The van der Waals surface area contributed by atoms with Gasteiger partial charge in [-0.3, -0.25) is 43.2 Å². The Hall–Kier alpha value is -6.17. The van der Waals surface area contributed by atoms with Crippen LogP contribution in [0.15, 0.2) is 36.4 Å². The van der Waals surface area contributed by atoms with Crippen LogP contribution in [-0.2, 0) is 49.6 Å². The van der Waals surface area contributed by atoms with Gasteiger partial charge in [0.2, 0.25) is 35.3 Å². The molecule has 6 amide bonds. The zero-order valence-electron chi connectivity index (χ0n) is 43.7. The third-order valence-corrected chi connectivity index (χ3v) is 13.4. The molecule has 0 fully saturated rings. The lowest BCUT2D eigenvalue weighted by atomic mass is 9.89. The summed E-state index contributed by atoms with van der Waals surface area (Å²) in [6.45, 7) is 5.76. The van der Waals surface area contributed by atoms with Gasteiger partial charge in [-0.2, -0.15) is 0 Å². The van der Waals surface area contributed by atoms with Gasteiger partial charge in [-0.1, -0.05) is 103 Å². The average molecular weight is 1010 g/mol. The fourth-order valence-corrected chi connectivity index (χ4v) is 8.72. The zero-order chi connectivity index (χ0) is 53.7. The zero-order valence-corrected chi connectivity index (χ0v) is 43.7. The molecule has 0 radical (unpaired) electrons. The monoisotopic (exact) mass is 1000 g/mol. The van der Waals surface area contributed by atoms with Crippen LogP contribution in [0.5, 0.6) is 11.5 Å². The van der Waals surface area contributed by atoms with E-state index in [0.29, 0.717) is 12.0 Å². The number of carbonyl (C=O) groups excluding carboxylic acids is 9. The molecular formula is C54H80N6O12. The van der Waals surface area contributed by atoms with Crippen molar-refractivity contribution in [1.82, 2.24) is 30.7 Å². The first-order valence-electron chi connectivity index (χ1n) is 25.6. The molecule has 398 valence electrons. The largest absolute Gasteiger partial charge is 0.507 e. The van der Waals surface area contributed by atoms with E-state index in [0.717, 1.165) is 29.1 Å². The van der Waals surface area contributed by atoms with Gasteiger partial charge in [-0.25, -0.2) is 0 Å². The molecule has 18 nitrogen and oxygen atoms in total. The number of nitrogens with one attached hydrogen (secondary N) is 3. The molecule has 0 spiro atoms. The molecule has 18 heteroatoms. The van der Waals surface area contributed by atoms with E-state index in [4.69, 9.17) is 0 Å². The second-order valence-electron chi connectivity index (χ2n) is 19.6. The number of Topliss-reactive ketones (excluding diaryl/α,β-unsaturated/α-hetero) is 3. The normalized spacial score (nSPS) is 17.0. The van der Waals surface area contributed by atoms with Crippen molar-refractivity contribution in [2.45, 2.75) is 173 Å². The number of aliphatic hydroxyl groups excluding tert-OH is 1. The number of unbranched alkanes of at least 4 members (excludes halogenated alkanes) is 12. The van der Waals surface area contributed by atoms with E-state index in [1.807, 2.05) is 0 Å². The number of carbonyl (C=O) groups is 9. The number of ketones is 3. The lowest BCUT2D eigenvalue weighted by Gasteiger charge is -2.30. The van der Waals surface area contributed by atoms with Crippen LogP contribution < -0.4 is 16.0 Å². The highest BCUT2D eigenvalue weighted by atomic mass is 16.3. The lowest BCUT2D eigenvalue weighted by Crippen LogP contribution is -2.54. The Morgan fingerprint density at radius 3 is 1.82 bits per heavy atom. The minimum absolute atomic E-state index is 0.0786. The number of phenols is 2. The van der Waals surface area contributed by atoms with Crippen molar-refractivity contribution in [2.24, 2.45) is 5.92 Å². The van der Waals surface area contributed by atoms with E-state index in [1.54, 1.807) is 0 Å². The van der Waals surface area contributed by atoms with E-state index in [-0.39, 0.29) is 53.4 Å². The average Bonchev–Trinajstić information content (AvgIpc) is 3.34. The minimum Gasteiger partial charge on any atom is -0.507 e. The second-order valence-corrected chi connectivity index (χ2v) is 19.6. The van der Waals surface area contributed by atoms with Gasteiger partial charge in [0.25, 0.3) is 5.91 Å². The van der Waals surface area contributed by atoms with Gasteiger partial charge < -0.3 is 46.0 Å². The summed E-state index contributed by atoms with van der Waals surface area (Å²) in [5.74, 6) is -7.73. The first-order valence-corrected chi connectivity index (χ1v) is 25.6. The lowest BCUT2D eigenvalue weighted by molar-refractivity contribution is -0.144. The number of phenolic OH excluding ortho intramolecular Hbond substituents is 2. The highest BCUT2D eigenvalue weighted by Gasteiger charge is 2.35. The summed E-state index contributed by atoms with van der Waals surface area (Å²) in [6.07, 6.45) is 13.9. The van der Waals surface area contributed by atoms with Crippen LogP contribution in [0.1, 0.15) is 154 Å². The molecule has 4 bridgehead atoms. The summed E-state index contributed by atoms with van der Waals surface area (Å²) in [4.78, 5) is 124. The first-order chi connectivity index (χ1) is 34.1. The van der Waals surface area contributed by atoms with Gasteiger partial charge in [0.15, 0.2) is 11.6 Å². The number of hydrogen-bond acceptors (Lipinski definition) is 12. The van der Waals surface area contributed by atoms with Crippen molar-refractivity contribution in [3.05, 3.63) is 47.5 Å². The van der Waals surface area contributed by atoms with E-state index >= 15 is 0 Å². The standard InChI is InChI=1S/C54H80N6O12/c1-9-10-11-12-13-14-15-16-17-18-19-20-21-22-47(66)59(7)42(33-61)53(71)55-35(3)43(62)27-28-48(67)60(8)49-38-24-26-45(64)40(32-38)39-30-37(23-25-44(39)63)31-41(57-51(69)34(2)29-46(49)65)52(70)56-36(4)50(68)54(72)58(5)6/h23-26,30,32,34-36,41-42,49,61,63-64H,9-22,27-29,31,33H2,1-8H3,(H,55,71)(H,56,70)(H,57,69)/t34-,35-,36+,41+,42-,49+/m1/s1. The molecule has 6 atom stereocenters. The summed E-state index contributed by atoms with van der Waals surface area (Å²) < 4.78 is 0. The maximum Gasteiger partial charge on any atom is 0.291 e. The summed E-state index contributed by atoms with van der Waals surface area (Å²) in [7, 11) is 5.55. The smallest absolute Gasteiger partial charge is 0.291 e. The summed E-state index contributed by atoms with van der Waals surface area (Å²) in [5.41, 5.74) is 0.813. The predicted molar refractivity (Wildman–Crippen MR) is 272 cm³/mol. The number of aliphatic hydroxyl groups is 1. The van der Waals surface area contributed by atoms with Crippen molar-refractivity contribution in [1.29, 1.82) is 0 Å². The van der Waals surface area contributed by atoms with Crippen molar-refractivity contribution in [3.8, 4) is 22.6 Å². The van der Waals surface area contributed by atoms with Crippen LogP contribution in [0.2, 0.25) is 0 Å². The van der Waals surface area contributed by atoms with Crippen molar-refractivity contribution >= 4 is 52.8 Å². The third-order valence-electron chi connectivity index (χ3n) is 13.4. The van der Waals surface area contributed by atoms with Gasteiger partial charge in [0, 0.05) is 77.3 Å². The SMILES string of the molecule is CCCCCCCCCCCCCCCC(=O)N(C)[C@H](CO)C(=O)N[C@H](C)C(=O)CCC(=O)N(C)[C@@H]1C(=O)C[C@@H](C)C(=O)N[C@H](C(=O)N[C@@H](C)C(=O)C(=O)N(C)C)Cc2ccc(O)c(c2)-c2cc1ccc2O. The number of aromatic hydroxyl groups is 2. The fourth-order valence-electron chi connectivity index (χ4n) is 8.72. The summed E-state index contributed by atoms with van der Waals surface area (Å²) in [5, 5.41) is 39.9. The number of likely N-dealkylation sites (N-methyl/N-ethyl adjacent to an activating group) is 3. The Balaban J connectivity index is 1.68. The van der Waals surface area contributed by atoms with Crippen molar-refractivity contribution in [2.75, 3.05) is 34.8 Å². The topological polar surface area (TPSA) is 260 Å². The van der Waals surface area contributed by atoms with E-state index in [2.05, 4.69) is 22.9 Å². The molecule has 0 unspecified atom stereocenters. The van der Waals surface area contributed by atoms with Crippen molar-refractivity contribution in [3.63, 3.8) is 0 Å². The number of benzene rings is 2. The highest BCUT2D eigenvalue weighted by molar-refractivity contribution is 6.38. The molecule has 72 heavy (non-hydrogen) atoms. The Bertz CT molecular complexity index is 2210. The van der Waals surface area contributed by atoms with E-state index < -0.39 is 102 Å². The maximum absolute atomic E-state index is 14.3. The quantitative estimate of drug-likeness (QED) is 0.0498. The number of amides is 6. The molecular weight excluding hydrogens is 925 g/mol. The molecule has 1 aliphatic rings. The summed E-state index contributed by atoms with van der Waals surface area (Å²) in [6, 6.07) is 2.15. The van der Waals surface area contributed by atoms with Crippen LogP contribution in [0.4, 0.5) is 0 Å². The Labute approximate surface area is 425 Å². The first kappa shape index (κ1) is 60.1. The predicted octanol–water partition coefficient (Wildman–Crippen LogP) is 5.22. The van der Waals surface area contributed by atoms with Crippen LogP contribution >= 0.6 is 0 Å². The molecule has 1 heterocycles. The highest BCUT2D eigenvalue weighted by Crippen LogP contribution is 2.39. The molecule has 0 saturated heterocycles.